The van der Waals surface area contributed by atoms with E-state index in [0.717, 1.165) is 36.0 Å². The van der Waals surface area contributed by atoms with Crippen molar-refractivity contribution >= 4 is 34.6 Å². The Kier molecular flexibility index (Phi) is 3.89. The molecule has 2 nitrogen and oxygen atoms in total. The summed E-state index contributed by atoms with van der Waals surface area (Å²) in [7, 11) is 0. The minimum atomic E-state index is -0.0364. The second-order valence-electron chi connectivity index (χ2n) is 5.33. The summed E-state index contributed by atoms with van der Waals surface area (Å²) in [5.74, 6) is 0.177. The van der Waals surface area contributed by atoms with Crippen LogP contribution < -0.4 is 0 Å². The van der Waals surface area contributed by atoms with Gasteiger partial charge in [0.15, 0.2) is 5.78 Å². The highest BCUT2D eigenvalue weighted by atomic mass is 35.5. The number of hydrogen-bond donors (Lipinski definition) is 0. The van der Waals surface area contributed by atoms with Crippen LogP contribution in [0.25, 0.3) is 5.57 Å². The Labute approximate surface area is 128 Å². The van der Waals surface area contributed by atoms with Crippen molar-refractivity contribution in [2.24, 2.45) is 0 Å². The number of fused-ring (bicyclic) bond motifs is 2. The molecule has 1 unspecified atom stereocenters. The van der Waals surface area contributed by atoms with Crippen LogP contribution in [0.2, 0.25) is 10.0 Å². The molecular weight excluding hydrogens is 295 g/mol. The zero-order chi connectivity index (χ0) is 14.3. The van der Waals surface area contributed by atoms with E-state index >= 15 is 0 Å². The Morgan fingerprint density at radius 2 is 2.10 bits per heavy atom. The van der Waals surface area contributed by atoms with E-state index in [1.807, 2.05) is 19.1 Å². The van der Waals surface area contributed by atoms with Crippen molar-refractivity contribution in [3.8, 4) is 0 Å². The number of halogens is 2. The molecule has 0 radical (unpaired) electrons. The van der Waals surface area contributed by atoms with Crippen molar-refractivity contribution in [3.05, 3.63) is 39.4 Å². The van der Waals surface area contributed by atoms with E-state index in [4.69, 9.17) is 27.9 Å². The lowest BCUT2D eigenvalue weighted by atomic mass is 9.89. The monoisotopic (exact) mass is 310 g/mol. The first-order valence-electron chi connectivity index (χ1n) is 6.97. The highest BCUT2D eigenvalue weighted by molar-refractivity contribution is 6.42. The molecule has 0 spiro atoms. The van der Waals surface area contributed by atoms with Crippen molar-refractivity contribution in [2.45, 2.75) is 44.8 Å². The van der Waals surface area contributed by atoms with E-state index in [-0.39, 0.29) is 18.0 Å². The third kappa shape index (κ3) is 2.41. The van der Waals surface area contributed by atoms with Crippen molar-refractivity contribution < 1.29 is 9.53 Å². The van der Waals surface area contributed by atoms with Gasteiger partial charge in [-0.2, -0.15) is 0 Å². The third-order valence-electron chi connectivity index (χ3n) is 4.08. The standard InChI is InChI=1S/C16H16Cl2O2/c1-2-14(19)16-11(8-10-4-6-15(16)20-10)9-3-5-12(17)13(18)7-9/h3,5,7,10,15H,2,4,6,8H2,1H3/t10?,15-/m1/s1. The Balaban J connectivity index is 2.10. The summed E-state index contributed by atoms with van der Waals surface area (Å²) in [6.45, 7) is 1.89. The van der Waals surface area contributed by atoms with Crippen LogP contribution in [0, 0.1) is 0 Å². The smallest absolute Gasteiger partial charge is 0.161 e. The maximum absolute atomic E-state index is 12.3. The van der Waals surface area contributed by atoms with Gasteiger partial charge in [-0.05, 0) is 42.5 Å². The quantitative estimate of drug-likeness (QED) is 0.810. The average molecular weight is 311 g/mol. The highest BCUT2D eigenvalue weighted by Gasteiger charge is 2.38. The second-order valence-corrected chi connectivity index (χ2v) is 6.14. The molecule has 2 atom stereocenters. The van der Waals surface area contributed by atoms with Crippen molar-refractivity contribution in [2.75, 3.05) is 0 Å². The topological polar surface area (TPSA) is 26.3 Å². The maximum atomic E-state index is 12.3. The van der Waals surface area contributed by atoms with Gasteiger partial charge in [0.2, 0.25) is 0 Å². The molecule has 106 valence electrons. The molecule has 20 heavy (non-hydrogen) atoms. The average Bonchev–Trinajstić information content (AvgIpc) is 2.82. The fraction of sp³-hybridized carbons (Fsp3) is 0.438. The van der Waals surface area contributed by atoms with Gasteiger partial charge in [0.1, 0.15) is 0 Å². The van der Waals surface area contributed by atoms with Crippen molar-refractivity contribution in [1.29, 1.82) is 0 Å². The summed E-state index contributed by atoms with van der Waals surface area (Å²) in [5, 5.41) is 1.06. The number of benzene rings is 1. The van der Waals surface area contributed by atoms with Gasteiger partial charge >= 0.3 is 0 Å². The predicted octanol–water partition coefficient (Wildman–Crippen LogP) is 4.68. The molecule has 1 aromatic carbocycles. The first-order valence-corrected chi connectivity index (χ1v) is 7.73. The summed E-state index contributed by atoms with van der Waals surface area (Å²) < 4.78 is 5.90. The minimum Gasteiger partial charge on any atom is -0.370 e. The van der Waals surface area contributed by atoms with Gasteiger partial charge in [0.25, 0.3) is 0 Å². The Bertz CT molecular complexity index is 592. The predicted molar refractivity (Wildman–Crippen MR) is 81.2 cm³/mol. The molecule has 1 aromatic rings. The van der Waals surface area contributed by atoms with Gasteiger partial charge in [-0.15, -0.1) is 0 Å². The molecule has 4 heteroatoms. The Morgan fingerprint density at radius 1 is 1.30 bits per heavy atom. The first kappa shape index (κ1) is 14.1. The number of carbonyl (C=O) groups is 1. The zero-order valence-corrected chi connectivity index (χ0v) is 12.8. The van der Waals surface area contributed by atoms with Crippen LogP contribution in [0.3, 0.4) is 0 Å². The molecule has 0 N–H and O–H groups in total. The van der Waals surface area contributed by atoms with Gasteiger partial charge in [-0.25, -0.2) is 0 Å². The molecule has 3 rings (SSSR count). The van der Waals surface area contributed by atoms with Crippen LogP contribution in [0.1, 0.15) is 38.2 Å². The van der Waals surface area contributed by atoms with Crippen LogP contribution in [-0.2, 0) is 9.53 Å². The van der Waals surface area contributed by atoms with E-state index in [9.17, 15) is 4.79 Å². The van der Waals surface area contributed by atoms with Crippen LogP contribution in [0.5, 0.6) is 0 Å². The summed E-state index contributed by atoms with van der Waals surface area (Å²) >= 11 is 12.1. The molecule has 2 bridgehead atoms. The number of rotatable bonds is 3. The largest absolute Gasteiger partial charge is 0.370 e. The van der Waals surface area contributed by atoms with Gasteiger partial charge in [0, 0.05) is 12.0 Å². The molecule has 0 saturated carbocycles. The van der Waals surface area contributed by atoms with E-state index in [1.54, 1.807) is 6.07 Å². The van der Waals surface area contributed by atoms with E-state index in [0.29, 0.717) is 16.5 Å². The first-order chi connectivity index (χ1) is 9.60. The minimum absolute atomic E-state index is 0.0364. The lowest BCUT2D eigenvalue weighted by molar-refractivity contribution is -0.116. The molecular formula is C16H16Cl2O2. The summed E-state index contributed by atoms with van der Waals surface area (Å²) in [6, 6.07) is 5.59. The second kappa shape index (κ2) is 5.51. The van der Waals surface area contributed by atoms with E-state index in [2.05, 4.69) is 0 Å². The van der Waals surface area contributed by atoms with Gasteiger partial charge < -0.3 is 4.74 Å². The molecule has 0 amide bonds. The fourth-order valence-electron chi connectivity index (χ4n) is 3.10. The SMILES string of the molecule is CCC(=O)C1=C(c2ccc(Cl)c(Cl)c2)CC2CC[C@H]1O2. The van der Waals surface area contributed by atoms with E-state index < -0.39 is 0 Å². The lowest BCUT2D eigenvalue weighted by Crippen LogP contribution is -2.25. The normalized spacial score (nSPS) is 25.1. The number of ether oxygens (including phenoxy) is 1. The van der Waals surface area contributed by atoms with Crippen LogP contribution in [0.4, 0.5) is 0 Å². The van der Waals surface area contributed by atoms with Gasteiger partial charge in [0.05, 0.1) is 22.3 Å². The molecule has 1 saturated heterocycles. The van der Waals surface area contributed by atoms with Crippen LogP contribution >= 0.6 is 23.2 Å². The molecule has 1 fully saturated rings. The summed E-state index contributed by atoms with van der Waals surface area (Å²) in [4.78, 5) is 12.3. The number of ketones is 1. The third-order valence-corrected chi connectivity index (χ3v) is 4.82. The van der Waals surface area contributed by atoms with E-state index in [1.165, 1.54) is 0 Å². The van der Waals surface area contributed by atoms with Crippen molar-refractivity contribution in [3.63, 3.8) is 0 Å². The molecule has 2 aliphatic rings. The fourth-order valence-corrected chi connectivity index (χ4v) is 3.39. The Hall–Kier alpha value is -0.830. The van der Waals surface area contributed by atoms with Crippen molar-refractivity contribution in [1.82, 2.24) is 0 Å². The number of carbonyl (C=O) groups excluding carboxylic acids is 1. The molecule has 0 aliphatic carbocycles. The van der Waals surface area contributed by atoms with Crippen LogP contribution in [0.15, 0.2) is 23.8 Å². The zero-order valence-electron chi connectivity index (χ0n) is 11.3. The Morgan fingerprint density at radius 3 is 2.80 bits per heavy atom. The highest BCUT2D eigenvalue weighted by Crippen LogP contribution is 2.42. The number of hydrogen-bond acceptors (Lipinski definition) is 2. The lowest BCUT2D eigenvalue weighted by Gasteiger charge is -2.26. The molecule has 2 aliphatic heterocycles. The molecule has 0 aromatic heterocycles. The summed E-state index contributed by atoms with van der Waals surface area (Å²) in [6.07, 6.45) is 3.45. The van der Waals surface area contributed by atoms with Crippen LogP contribution in [-0.4, -0.2) is 18.0 Å². The maximum Gasteiger partial charge on any atom is 0.161 e. The van der Waals surface area contributed by atoms with Gasteiger partial charge in [-0.3, -0.25) is 4.79 Å². The molecule has 2 heterocycles. The number of Topliss-reactive ketones (excluding diaryl/α,β-unsaturated/α-hetero) is 1. The summed E-state index contributed by atoms with van der Waals surface area (Å²) in [5.41, 5.74) is 2.94. The van der Waals surface area contributed by atoms with Gasteiger partial charge in [-0.1, -0.05) is 36.2 Å².